The van der Waals surface area contributed by atoms with Crippen molar-refractivity contribution in [3.05, 3.63) is 11.4 Å². The summed E-state index contributed by atoms with van der Waals surface area (Å²) >= 11 is 4.62. The quantitative estimate of drug-likeness (QED) is 0.603. The lowest BCUT2D eigenvalue weighted by Crippen LogP contribution is -2.06. The van der Waals surface area contributed by atoms with Gasteiger partial charge in [0.2, 0.25) is 0 Å². The highest BCUT2D eigenvalue weighted by molar-refractivity contribution is 6.25. The van der Waals surface area contributed by atoms with E-state index in [1.165, 1.54) is 0 Å². The smallest absolute Gasteiger partial charge is 0.211 e. The Labute approximate surface area is 78.1 Å². The first kappa shape index (κ1) is 15.9. The molecule has 0 saturated heterocycles. The third kappa shape index (κ3) is 30.0. The van der Waals surface area contributed by atoms with E-state index in [-0.39, 0.29) is 5.54 Å². The maximum atomic E-state index is 11.6. The van der Waals surface area contributed by atoms with Crippen LogP contribution in [0.4, 0.5) is 35.1 Å². The van der Waals surface area contributed by atoms with Crippen molar-refractivity contribution in [1.82, 2.24) is 0 Å². The average molecular weight is 251 g/mol. The van der Waals surface area contributed by atoms with Crippen molar-refractivity contribution < 1.29 is 35.1 Å². The van der Waals surface area contributed by atoms with Crippen LogP contribution in [-0.4, -0.2) is 12.6 Å². The van der Waals surface area contributed by atoms with Crippen LogP contribution in [0.15, 0.2) is 11.4 Å². The zero-order valence-corrected chi connectivity index (χ0v) is 6.94. The molecule has 14 heavy (non-hydrogen) atoms. The number of hydrogen-bond acceptors (Lipinski definition) is 0. The molecule has 86 valence electrons. The monoisotopic (exact) mass is 250 g/mol. The normalized spacial score (nSPS) is 13.4. The second-order valence-electron chi connectivity index (χ2n) is 1.78. The van der Waals surface area contributed by atoms with E-state index in [0.717, 1.165) is 0 Å². The lowest BCUT2D eigenvalue weighted by atomic mass is 10.4. The SMILES string of the molecule is FC(=CCl)CC(F)(F)F.FC(F)(F)F. The third-order valence-electron chi connectivity index (χ3n) is 0.488. The molecule has 0 fully saturated rings. The first-order valence-electron chi connectivity index (χ1n) is 2.73. The van der Waals surface area contributed by atoms with Crippen molar-refractivity contribution in [2.45, 2.75) is 19.0 Å². The number of allylic oxidation sites excluding steroid dienone is 1. The molecule has 0 N–H and O–H groups in total. The van der Waals surface area contributed by atoms with Gasteiger partial charge in [0, 0.05) is 5.54 Å². The molecular formula is C5H3ClF8. The largest absolute Gasteiger partial charge is 0.559 e. The molecule has 0 aliphatic heterocycles. The summed E-state index contributed by atoms with van der Waals surface area (Å²) in [4.78, 5) is 0. The third-order valence-corrected chi connectivity index (χ3v) is 0.724. The highest BCUT2D eigenvalue weighted by atomic mass is 35.5. The second kappa shape index (κ2) is 6.05. The molecule has 0 heterocycles. The highest BCUT2D eigenvalue weighted by Crippen LogP contribution is 2.25. The summed E-state index contributed by atoms with van der Waals surface area (Å²) in [7, 11) is 0. The van der Waals surface area contributed by atoms with E-state index < -0.39 is 24.9 Å². The Kier molecular flexibility index (Phi) is 6.88. The number of alkyl halides is 7. The number of rotatable bonds is 1. The molecule has 0 aliphatic rings. The lowest BCUT2D eigenvalue weighted by Gasteiger charge is -2.01. The minimum absolute atomic E-state index is 0.271. The van der Waals surface area contributed by atoms with Gasteiger partial charge in [-0.15, -0.1) is 17.6 Å². The van der Waals surface area contributed by atoms with Crippen molar-refractivity contribution in [2.24, 2.45) is 0 Å². The summed E-state index contributed by atoms with van der Waals surface area (Å²) < 4.78 is 83.8. The van der Waals surface area contributed by atoms with E-state index in [1.807, 2.05) is 0 Å². The summed E-state index contributed by atoms with van der Waals surface area (Å²) in [6, 6.07) is 0. The van der Waals surface area contributed by atoms with Crippen molar-refractivity contribution in [3.8, 4) is 0 Å². The van der Waals surface area contributed by atoms with Gasteiger partial charge in [-0.25, -0.2) is 4.39 Å². The van der Waals surface area contributed by atoms with Gasteiger partial charge in [0.05, 0.1) is 6.42 Å². The minimum Gasteiger partial charge on any atom is -0.211 e. The molecule has 0 nitrogen and oxygen atoms in total. The van der Waals surface area contributed by atoms with Gasteiger partial charge in [-0.2, -0.15) is 13.2 Å². The highest BCUT2D eigenvalue weighted by Gasteiger charge is 2.28. The average Bonchev–Trinajstić information content (AvgIpc) is 1.79. The molecule has 0 aromatic carbocycles. The second-order valence-corrected chi connectivity index (χ2v) is 1.99. The van der Waals surface area contributed by atoms with E-state index in [1.54, 1.807) is 0 Å². The van der Waals surface area contributed by atoms with Gasteiger partial charge in [-0.1, -0.05) is 11.6 Å². The van der Waals surface area contributed by atoms with Gasteiger partial charge < -0.3 is 0 Å². The molecule has 0 rings (SSSR count). The number of halogens is 9. The van der Waals surface area contributed by atoms with Crippen LogP contribution in [0, 0.1) is 0 Å². The first-order valence-corrected chi connectivity index (χ1v) is 3.16. The summed E-state index contributed by atoms with van der Waals surface area (Å²) in [6.07, 6.45) is -11.6. The van der Waals surface area contributed by atoms with E-state index in [4.69, 9.17) is 0 Å². The molecule has 0 spiro atoms. The summed E-state index contributed by atoms with van der Waals surface area (Å²) in [5, 5.41) is 0. The predicted molar refractivity (Wildman–Crippen MR) is 32.9 cm³/mol. The van der Waals surface area contributed by atoms with Crippen LogP contribution in [0.3, 0.4) is 0 Å². The van der Waals surface area contributed by atoms with Crippen LogP contribution in [0.1, 0.15) is 6.42 Å². The van der Waals surface area contributed by atoms with Crippen LogP contribution in [0.25, 0.3) is 0 Å². The Morgan fingerprint density at radius 2 is 1.29 bits per heavy atom. The fraction of sp³-hybridized carbons (Fsp3) is 0.600. The standard InChI is InChI=1S/C4H3ClF4.CF4/c5-2-3(6)1-4(7,8)9;2-1(3,4)5/h2H,1H2;. The summed E-state index contributed by atoms with van der Waals surface area (Å²) in [5.74, 6) is -1.37. The zero-order chi connectivity index (χ0) is 12.0. The van der Waals surface area contributed by atoms with Crippen LogP contribution in [-0.2, 0) is 0 Å². The molecule has 0 atom stereocenters. The van der Waals surface area contributed by atoms with Gasteiger partial charge in [0.1, 0.15) is 5.83 Å². The molecule has 0 bridgehead atoms. The van der Waals surface area contributed by atoms with Crippen LogP contribution in [0.2, 0.25) is 0 Å². The van der Waals surface area contributed by atoms with Crippen LogP contribution in [0.5, 0.6) is 0 Å². The Morgan fingerprint density at radius 3 is 1.36 bits per heavy atom. The van der Waals surface area contributed by atoms with Crippen molar-refractivity contribution in [2.75, 3.05) is 0 Å². The van der Waals surface area contributed by atoms with E-state index in [0.29, 0.717) is 0 Å². The van der Waals surface area contributed by atoms with Gasteiger partial charge in [-0.3, -0.25) is 0 Å². The Hall–Kier alpha value is -0.530. The Bertz CT molecular complexity index is 171. The van der Waals surface area contributed by atoms with Crippen molar-refractivity contribution in [1.29, 1.82) is 0 Å². The Balaban J connectivity index is 0. The van der Waals surface area contributed by atoms with Crippen molar-refractivity contribution >= 4 is 11.6 Å². The van der Waals surface area contributed by atoms with E-state index in [2.05, 4.69) is 11.6 Å². The molecular weight excluding hydrogens is 247 g/mol. The Morgan fingerprint density at radius 1 is 1.00 bits per heavy atom. The first-order chi connectivity index (χ1) is 5.95. The zero-order valence-electron chi connectivity index (χ0n) is 6.19. The molecule has 0 unspecified atom stereocenters. The van der Waals surface area contributed by atoms with Gasteiger partial charge in [0.25, 0.3) is 0 Å². The molecule has 0 saturated carbocycles. The molecule has 9 heteroatoms. The van der Waals surface area contributed by atoms with E-state index in [9.17, 15) is 35.1 Å². The number of hydrogen-bond donors (Lipinski definition) is 0. The fourth-order valence-electron chi connectivity index (χ4n) is 0.230. The lowest BCUT2D eigenvalue weighted by molar-refractivity contribution is -0.237. The summed E-state index contributed by atoms with van der Waals surface area (Å²) in [6.45, 7) is 0. The van der Waals surface area contributed by atoms with Crippen LogP contribution >= 0.6 is 11.6 Å². The maximum Gasteiger partial charge on any atom is 0.559 e. The summed E-state index contributed by atoms with van der Waals surface area (Å²) in [5.41, 5.74) is 0.271. The van der Waals surface area contributed by atoms with Gasteiger partial charge in [0.15, 0.2) is 0 Å². The maximum absolute atomic E-state index is 11.6. The van der Waals surface area contributed by atoms with Crippen LogP contribution < -0.4 is 0 Å². The van der Waals surface area contributed by atoms with Gasteiger partial charge in [-0.05, 0) is 0 Å². The molecule has 0 radical (unpaired) electrons. The molecule has 0 aliphatic carbocycles. The molecule has 0 aromatic rings. The topological polar surface area (TPSA) is 0 Å². The fourth-order valence-corrected chi connectivity index (χ4v) is 0.307. The van der Waals surface area contributed by atoms with E-state index >= 15 is 0 Å². The molecule has 0 amide bonds. The predicted octanol–water partition coefficient (Wildman–Crippen LogP) is 4.46. The minimum atomic E-state index is -5.50. The van der Waals surface area contributed by atoms with Crippen molar-refractivity contribution in [3.63, 3.8) is 0 Å². The molecule has 0 aromatic heterocycles. The van der Waals surface area contributed by atoms with Gasteiger partial charge >= 0.3 is 12.6 Å².